The number of hydrogen-bond donors (Lipinski definition) is 2. The fourth-order valence-electron chi connectivity index (χ4n) is 2.88. The molecule has 1 aromatic heterocycles. The zero-order chi connectivity index (χ0) is 15.4. The predicted octanol–water partition coefficient (Wildman–Crippen LogP) is 3.61. The molecule has 4 heteroatoms. The lowest BCUT2D eigenvalue weighted by atomic mass is 10.1. The van der Waals surface area contributed by atoms with Gasteiger partial charge in [-0.25, -0.2) is 0 Å². The van der Waals surface area contributed by atoms with Crippen molar-refractivity contribution in [3.8, 4) is 0 Å². The number of aromatic amines is 1. The molecule has 2 N–H and O–H groups in total. The molecule has 0 radical (unpaired) electrons. The Labute approximate surface area is 126 Å². The van der Waals surface area contributed by atoms with Crippen LogP contribution in [0.4, 0.5) is 4.39 Å². The topological polar surface area (TPSA) is 31.1 Å². The summed E-state index contributed by atoms with van der Waals surface area (Å²) in [5.41, 5.74) is 5.63. The standard InChI is InChI=1S/C17H26FN3/c1-5-6-17-13(3)10-19-11-21(17)14(4)16-9-12(2)15(20-16)7-8-18/h6,9,14,19-20H,3,5,7-8,10-11H2,1-2,4H3/b17-6-. The third kappa shape index (κ3) is 3.38. The molecule has 21 heavy (non-hydrogen) atoms. The molecule has 2 rings (SSSR count). The van der Waals surface area contributed by atoms with Gasteiger partial charge >= 0.3 is 0 Å². The Morgan fingerprint density at radius 2 is 2.29 bits per heavy atom. The summed E-state index contributed by atoms with van der Waals surface area (Å²) in [5.74, 6) is 0. The molecule has 2 heterocycles. The van der Waals surface area contributed by atoms with Gasteiger partial charge in [0.15, 0.2) is 0 Å². The van der Waals surface area contributed by atoms with Crippen molar-refractivity contribution in [1.82, 2.24) is 15.2 Å². The van der Waals surface area contributed by atoms with Crippen LogP contribution in [0.5, 0.6) is 0 Å². The van der Waals surface area contributed by atoms with E-state index in [0.717, 1.165) is 42.2 Å². The van der Waals surface area contributed by atoms with Gasteiger partial charge in [0.1, 0.15) is 0 Å². The van der Waals surface area contributed by atoms with Crippen molar-refractivity contribution in [1.29, 1.82) is 0 Å². The minimum atomic E-state index is -0.321. The van der Waals surface area contributed by atoms with Crippen LogP contribution in [0.3, 0.4) is 0 Å². The third-order valence-corrected chi connectivity index (χ3v) is 4.10. The van der Waals surface area contributed by atoms with E-state index in [1.165, 1.54) is 5.70 Å². The van der Waals surface area contributed by atoms with Gasteiger partial charge in [-0.15, -0.1) is 0 Å². The highest BCUT2D eigenvalue weighted by Crippen LogP contribution is 2.29. The number of rotatable bonds is 5. The molecule has 1 atom stereocenters. The van der Waals surface area contributed by atoms with E-state index < -0.39 is 0 Å². The lowest BCUT2D eigenvalue weighted by molar-refractivity contribution is 0.236. The van der Waals surface area contributed by atoms with Gasteiger partial charge < -0.3 is 9.88 Å². The van der Waals surface area contributed by atoms with Crippen LogP contribution in [-0.2, 0) is 6.42 Å². The summed E-state index contributed by atoms with van der Waals surface area (Å²) >= 11 is 0. The summed E-state index contributed by atoms with van der Waals surface area (Å²) in [6, 6.07) is 2.34. The Kier molecular flexibility index (Phi) is 5.23. The minimum absolute atomic E-state index is 0.208. The molecular weight excluding hydrogens is 265 g/mol. The predicted molar refractivity (Wildman–Crippen MR) is 85.8 cm³/mol. The maximum atomic E-state index is 12.6. The van der Waals surface area contributed by atoms with Crippen molar-refractivity contribution in [2.75, 3.05) is 19.9 Å². The number of nitrogens with one attached hydrogen (secondary N) is 2. The third-order valence-electron chi connectivity index (χ3n) is 4.10. The van der Waals surface area contributed by atoms with E-state index >= 15 is 0 Å². The molecule has 0 saturated carbocycles. The first-order chi connectivity index (χ1) is 10.1. The van der Waals surface area contributed by atoms with Gasteiger partial charge in [0.2, 0.25) is 0 Å². The molecule has 0 aliphatic carbocycles. The summed E-state index contributed by atoms with van der Waals surface area (Å²) in [4.78, 5) is 5.71. The SMILES string of the molecule is C=C1CNCN(C(C)c2cc(C)c(CCF)[nH]2)/C1=C\CC. The largest absolute Gasteiger partial charge is 0.360 e. The Morgan fingerprint density at radius 1 is 1.52 bits per heavy atom. The molecular formula is C17H26FN3. The van der Waals surface area contributed by atoms with Gasteiger partial charge in [-0.05, 0) is 37.5 Å². The van der Waals surface area contributed by atoms with E-state index in [0.29, 0.717) is 6.42 Å². The monoisotopic (exact) mass is 291 g/mol. The van der Waals surface area contributed by atoms with E-state index in [1.807, 2.05) is 6.92 Å². The van der Waals surface area contributed by atoms with E-state index in [2.05, 4.69) is 47.8 Å². The molecule has 1 aliphatic heterocycles. The fraction of sp³-hybridized carbons (Fsp3) is 0.529. The lowest BCUT2D eigenvalue weighted by Gasteiger charge is -2.38. The number of H-pyrrole nitrogens is 1. The zero-order valence-electron chi connectivity index (χ0n) is 13.3. The van der Waals surface area contributed by atoms with E-state index in [1.54, 1.807) is 0 Å². The van der Waals surface area contributed by atoms with Crippen LogP contribution in [0.15, 0.2) is 30.0 Å². The number of halogens is 1. The van der Waals surface area contributed by atoms with Crippen molar-refractivity contribution >= 4 is 0 Å². The maximum absolute atomic E-state index is 12.6. The zero-order valence-corrected chi connectivity index (χ0v) is 13.3. The quantitative estimate of drug-likeness (QED) is 0.868. The molecule has 0 amide bonds. The Morgan fingerprint density at radius 3 is 2.95 bits per heavy atom. The normalized spacial score (nSPS) is 19.3. The van der Waals surface area contributed by atoms with Crippen molar-refractivity contribution < 1.29 is 4.39 Å². The average molecular weight is 291 g/mol. The first-order valence-electron chi connectivity index (χ1n) is 7.68. The summed E-state index contributed by atoms with van der Waals surface area (Å²) in [6.45, 7) is 11.8. The van der Waals surface area contributed by atoms with Gasteiger partial charge in [-0.2, -0.15) is 0 Å². The second-order valence-corrected chi connectivity index (χ2v) is 5.66. The molecule has 0 aromatic carbocycles. The van der Waals surface area contributed by atoms with Crippen molar-refractivity contribution in [3.63, 3.8) is 0 Å². The Balaban J connectivity index is 2.25. The highest BCUT2D eigenvalue weighted by molar-refractivity contribution is 5.33. The molecule has 0 spiro atoms. The summed E-state index contributed by atoms with van der Waals surface area (Å²) < 4.78 is 12.6. The molecule has 3 nitrogen and oxygen atoms in total. The van der Waals surface area contributed by atoms with Crippen LogP contribution in [-0.4, -0.2) is 29.8 Å². The van der Waals surface area contributed by atoms with Crippen molar-refractivity contribution in [2.45, 2.75) is 39.7 Å². The van der Waals surface area contributed by atoms with Gasteiger partial charge in [0.05, 0.1) is 19.4 Å². The van der Waals surface area contributed by atoms with Gasteiger partial charge in [0, 0.05) is 30.1 Å². The first-order valence-corrected chi connectivity index (χ1v) is 7.68. The van der Waals surface area contributed by atoms with Crippen LogP contribution >= 0.6 is 0 Å². The molecule has 1 unspecified atom stereocenters. The molecule has 1 saturated heterocycles. The number of aryl methyl sites for hydroxylation is 2. The maximum Gasteiger partial charge on any atom is 0.0949 e. The van der Waals surface area contributed by atoms with Crippen LogP contribution in [0.2, 0.25) is 0 Å². The van der Waals surface area contributed by atoms with Crippen LogP contribution < -0.4 is 5.32 Å². The molecule has 0 bridgehead atoms. The van der Waals surface area contributed by atoms with Crippen molar-refractivity contribution in [3.05, 3.63) is 46.9 Å². The highest BCUT2D eigenvalue weighted by atomic mass is 19.1. The average Bonchev–Trinajstić information content (AvgIpc) is 2.82. The summed E-state index contributed by atoms with van der Waals surface area (Å²) in [7, 11) is 0. The summed E-state index contributed by atoms with van der Waals surface area (Å²) in [6.07, 6.45) is 3.69. The minimum Gasteiger partial charge on any atom is -0.360 e. The second-order valence-electron chi connectivity index (χ2n) is 5.66. The molecule has 116 valence electrons. The number of allylic oxidation sites excluding steroid dienone is 1. The van der Waals surface area contributed by atoms with E-state index in [4.69, 9.17) is 0 Å². The van der Waals surface area contributed by atoms with Crippen LogP contribution in [0.25, 0.3) is 0 Å². The smallest absolute Gasteiger partial charge is 0.0949 e. The Hall–Kier alpha value is -1.55. The number of alkyl halides is 1. The first kappa shape index (κ1) is 15.8. The number of hydrogen-bond acceptors (Lipinski definition) is 2. The van der Waals surface area contributed by atoms with Crippen LogP contribution in [0, 0.1) is 6.92 Å². The van der Waals surface area contributed by atoms with Gasteiger partial charge in [-0.3, -0.25) is 9.71 Å². The number of nitrogens with zero attached hydrogens (tertiary/aromatic N) is 1. The number of aromatic nitrogens is 1. The molecule has 1 aromatic rings. The van der Waals surface area contributed by atoms with E-state index in [-0.39, 0.29) is 12.7 Å². The lowest BCUT2D eigenvalue weighted by Crippen LogP contribution is -2.42. The second kappa shape index (κ2) is 6.94. The molecule has 1 fully saturated rings. The Bertz CT molecular complexity index is 530. The van der Waals surface area contributed by atoms with Crippen molar-refractivity contribution in [2.24, 2.45) is 0 Å². The summed E-state index contributed by atoms with van der Waals surface area (Å²) in [5, 5.41) is 3.38. The molecule has 1 aliphatic rings. The van der Waals surface area contributed by atoms with Gasteiger partial charge in [0.25, 0.3) is 0 Å². The highest BCUT2D eigenvalue weighted by Gasteiger charge is 2.24. The van der Waals surface area contributed by atoms with Crippen LogP contribution in [0.1, 0.15) is 43.3 Å². The van der Waals surface area contributed by atoms with Gasteiger partial charge in [-0.1, -0.05) is 19.6 Å². The van der Waals surface area contributed by atoms with E-state index in [9.17, 15) is 4.39 Å². The fourth-order valence-corrected chi connectivity index (χ4v) is 2.88.